The van der Waals surface area contributed by atoms with Crippen molar-refractivity contribution in [2.24, 2.45) is 0 Å². The zero-order valence-corrected chi connectivity index (χ0v) is 14.9. The fraction of sp³-hybridized carbons (Fsp3) is 0.0769. The molecule has 5 heteroatoms. The highest BCUT2D eigenvalue weighted by Crippen LogP contribution is 2.39. The maximum absolute atomic E-state index is 6.22. The Labute approximate surface area is 143 Å². The molecule has 0 N–H and O–H groups in total. The third kappa shape index (κ3) is 3.34. The lowest BCUT2D eigenvalue weighted by atomic mass is 10.0. The van der Waals surface area contributed by atoms with E-state index in [1.807, 2.05) is 30.3 Å². The highest BCUT2D eigenvalue weighted by atomic mass is 127. The van der Waals surface area contributed by atoms with Gasteiger partial charge in [-0.3, -0.25) is 0 Å². The Hall–Kier alpha value is 0.520. The molecule has 0 radical (unpaired) electrons. The normalized spacial score (nSPS) is 12.5. The summed E-state index contributed by atoms with van der Waals surface area (Å²) in [5, 5.41) is 1.98. The van der Waals surface area contributed by atoms with Crippen LogP contribution < -0.4 is 0 Å². The summed E-state index contributed by atoms with van der Waals surface area (Å²) in [4.78, 5) is -0.00660. The second kappa shape index (κ2) is 6.31. The maximum atomic E-state index is 6.22. The zero-order chi connectivity index (χ0) is 13.3. The standard InChI is InChI=1S/C13H7BrCl3I/c14-13(9-3-1-8(16)6-11(9)17)10-5-7(15)2-4-12(10)18/h1-6,13H. The van der Waals surface area contributed by atoms with Crippen LogP contribution in [0.2, 0.25) is 15.1 Å². The molecule has 0 saturated heterocycles. The van der Waals surface area contributed by atoms with E-state index in [1.54, 1.807) is 6.07 Å². The fourth-order valence-corrected chi connectivity index (χ4v) is 4.27. The first-order valence-electron chi connectivity index (χ1n) is 5.03. The van der Waals surface area contributed by atoms with Crippen molar-refractivity contribution in [1.29, 1.82) is 0 Å². The van der Waals surface area contributed by atoms with Crippen LogP contribution in [0.3, 0.4) is 0 Å². The predicted octanol–water partition coefficient (Wildman–Crippen LogP) is 6.74. The molecule has 0 fully saturated rings. The summed E-state index contributed by atoms with van der Waals surface area (Å²) in [5.74, 6) is 0. The monoisotopic (exact) mass is 474 g/mol. The van der Waals surface area contributed by atoms with Crippen molar-refractivity contribution in [2.75, 3.05) is 0 Å². The molecule has 0 aliphatic heterocycles. The molecule has 1 unspecified atom stereocenters. The van der Waals surface area contributed by atoms with E-state index in [0.717, 1.165) is 14.7 Å². The van der Waals surface area contributed by atoms with Crippen LogP contribution in [-0.4, -0.2) is 0 Å². The molecule has 1 atom stereocenters. The summed E-state index contributed by atoms with van der Waals surface area (Å²) in [6, 6.07) is 11.3. The Morgan fingerprint density at radius 2 is 1.50 bits per heavy atom. The SMILES string of the molecule is Clc1ccc(C(Br)c2cc(Cl)ccc2I)c(Cl)c1. The van der Waals surface area contributed by atoms with Crippen LogP contribution in [0.25, 0.3) is 0 Å². The molecule has 2 aromatic rings. The summed E-state index contributed by atoms with van der Waals surface area (Å²) < 4.78 is 1.13. The van der Waals surface area contributed by atoms with Gasteiger partial charge in [0, 0.05) is 18.6 Å². The van der Waals surface area contributed by atoms with Gasteiger partial charge in [-0.1, -0.05) is 56.8 Å². The Morgan fingerprint density at radius 1 is 0.889 bits per heavy atom. The molecule has 18 heavy (non-hydrogen) atoms. The van der Waals surface area contributed by atoms with Crippen molar-refractivity contribution in [3.8, 4) is 0 Å². The third-order valence-electron chi connectivity index (χ3n) is 2.47. The first kappa shape index (κ1) is 14.9. The van der Waals surface area contributed by atoms with Gasteiger partial charge in [0.1, 0.15) is 0 Å². The van der Waals surface area contributed by atoms with Gasteiger partial charge in [-0.15, -0.1) is 0 Å². The van der Waals surface area contributed by atoms with E-state index in [2.05, 4.69) is 38.5 Å². The number of alkyl halides is 1. The van der Waals surface area contributed by atoms with Crippen molar-refractivity contribution in [3.05, 3.63) is 66.2 Å². The van der Waals surface area contributed by atoms with Crippen LogP contribution in [0.5, 0.6) is 0 Å². The van der Waals surface area contributed by atoms with Gasteiger partial charge in [-0.25, -0.2) is 0 Å². The van der Waals surface area contributed by atoms with Crippen LogP contribution in [0.1, 0.15) is 16.0 Å². The second-order valence-corrected chi connectivity index (χ2v) is 7.05. The molecule has 2 rings (SSSR count). The molecule has 94 valence electrons. The summed E-state index contributed by atoms with van der Waals surface area (Å²) in [6.07, 6.45) is 0. The van der Waals surface area contributed by atoms with Crippen molar-refractivity contribution < 1.29 is 0 Å². The van der Waals surface area contributed by atoms with Crippen LogP contribution in [0.4, 0.5) is 0 Å². The van der Waals surface area contributed by atoms with Gasteiger partial charge in [0.2, 0.25) is 0 Å². The topological polar surface area (TPSA) is 0 Å². The van der Waals surface area contributed by atoms with Crippen molar-refractivity contribution in [3.63, 3.8) is 0 Å². The average molecular weight is 476 g/mol. The van der Waals surface area contributed by atoms with Crippen LogP contribution in [-0.2, 0) is 0 Å². The Morgan fingerprint density at radius 3 is 2.17 bits per heavy atom. The fourth-order valence-electron chi connectivity index (χ4n) is 1.58. The van der Waals surface area contributed by atoms with E-state index >= 15 is 0 Å². The van der Waals surface area contributed by atoms with Gasteiger partial charge < -0.3 is 0 Å². The number of hydrogen-bond acceptors (Lipinski definition) is 0. The quantitative estimate of drug-likeness (QED) is 0.333. The third-order valence-corrected chi connectivity index (χ3v) is 5.23. The summed E-state index contributed by atoms with van der Waals surface area (Å²) in [7, 11) is 0. The van der Waals surface area contributed by atoms with Crippen molar-refractivity contribution in [1.82, 2.24) is 0 Å². The summed E-state index contributed by atoms with van der Waals surface area (Å²) in [5.41, 5.74) is 2.06. The van der Waals surface area contributed by atoms with E-state index in [0.29, 0.717) is 15.1 Å². The largest absolute Gasteiger partial charge is 0.0843 e. The molecule has 0 aliphatic carbocycles. The van der Waals surface area contributed by atoms with E-state index in [-0.39, 0.29) is 4.83 Å². The molecule has 0 saturated carbocycles. The second-order valence-electron chi connectivity index (χ2n) is 3.69. The van der Waals surface area contributed by atoms with Gasteiger partial charge in [0.25, 0.3) is 0 Å². The Bertz CT molecular complexity index is 586. The Balaban J connectivity index is 2.47. The average Bonchev–Trinajstić information content (AvgIpc) is 2.31. The molecular weight excluding hydrogens is 469 g/mol. The first-order valence-corrected chi connectivity index (χ1v) is 8.16. The van der Waals surface area contributed by atoms with Crippen molar-refractivity contribution in [2.45, 2.75) is 4.83 Å². The van der Waals surface area contributed by atoms with Gasteiger partial charge in [0.05, 0.1) is 4.83 Å². The lowest BCUT2D eigenvalue weighted by molar-refractivity contribution is 1.16. The minimum Gasteiger partial charge on any atom is -0.0843 e. The van der Waals surface area contributed by atoms with Crippen LogP contribution >= 0.6 is 73.3 Å². The highest BCUT2D eigenvalue weighted by Gasteiger charge is 2.17. The minimum atomic E-state index is -0.00660. The molecule has 0 bridgehead atoms. The van der Waals surface area contributed by atoms with E-state index in [4.69, 9.17) is 34.8 Å². The molecule has 0 nitrogen and oxygen atoms in total. The van der Waals surface area contributed by atoms with E-state index in [9.17, 15) is 0 Å². The van der Waals surface area contributed by atoms with Gasteiger partial charge in [0.15, 0.2) is 0 Å². The molecule has 0 aliphatic rings. The lowest BCUT2D eigenvalue weighted by Crippen LogP contribution is -1.96. The summed E-state index contributed by atoms with van der Waals surface area (Å²) >= 11 is 24.1. The van der Waals surface area contributed by atoms with E-state index in [1.165, 1.54) is 0 Å². The highest BCUT2D eigenvalue weighted by molar-refractivity contribution is 14.1. The first-order chi connectivity index (χ1) is 8.49. The molecule has 2 aromatic carbocycles. The van der Waals surface area contributed by atoms with Crippen LogP contribution in [0, 0.1) is 3.57 Å². The molecule has 0 heterocycles. The smallest absolute Gasteiger partial charge is 0.0669 e. The predicted molar refractivity (Wildman–Crippen MR) is 91.4 cm³/mol. The molecule has 0 amide bonds. The molecule has 0 spiro atoms. The van der Waals surface area contributed by atoms with Gasteiger partial charge in [-0.05, 0) is 64.0 Å². The minimum absolute atomic E-state index is 0.00660. The number of hydrogen-bond donors (Lipinski definition) is 0. The van der Waals surface area contributed by atoms with Crippen LogP contribution in [0.15, 0.2) is 36.4 Å². The number of rotatable bonds is 2. The van der Waals surface area contributed by atoms with Gasteiger partial charge in [-0.2, -0.15) is 0 Å². The maximum Gasteiger partial charge on any atom is 0.0669 e. The van der Waals surface area contributed by atoms with Gasteiger partial charge >= 0.3 is 0 Å². The number of benzene rings is 2. The zero-order valence-electron chi connectivity index (χ0n) is 8.93. The molecule has 0 aromatic heterocycles. The molecular formula is C13H7BrCl3I. The number of halogens is 5. The van der Waals surface area contributed by atoms with Crippen molar-refractivity contribution >= 4 is 73.3 Å². The Kier molecular flexibility index (Phi) is 5.23. The lowest BCUT2D eigenvalue weighted by Gasteiger charge is -2.15. The van der Waals surface area contributed by atoms with E-state index < -0.39 is 0 Å². The summed E-state index contributed by atoms with van der Waals surface area (Å²) in [6.45, 7) is 0.